The minimum Gasteiger partial charge on any atom is -0.497 e. The first-order chi connectivity index (χ1) is 8.11. The third-order valence-electron chi connectivity index (χ3n) is 2.20. The van der Waals surface area contributed by atoms with Crippen molar-refractivity contribution >= 4 is 11.6 Å². The minimum absolute atomic E-state index is 0.493. The first-order valence-corrected chi connectivity index (χ1v) is 5.06. The van der Waals surface area contributed by atoms with E-state index >= 15 is 0 Å². The van der Waals surface area contributed by atoms with Crippen LogP contribution < -0.4 is 4.74 Å². The molecule has 1 aromatic carbocycles. The fraction of sp³-hybridized carbons (Fsp3) is 0.400. The lowest BCUT2D eigenvalue weighted by Crippen LogP contribution is -2.16. The molecule has 0 atom stereocenters. The lowest BCUT2D eigenvalue weighted by atomic mass is 10.0. The normalized spacial score (nSPS) is 12.7. The van der Waals surface area contributed by atoms with Gasteiger partial charge < -0.3 is 4.74 Å². The number of methoxy groups -OCH3 is 1. The quantitative estimate of drug-likeness (QED) is 0.577. The highest BCUT2D eigenvalue weighted by Gasteiger charge is 2.41. The summed E-state index contributed by atoms with van der Waals surface area (Å²) in [5.41, 5.74) is -3.88. The maximum atomic E-state index is 12.6. The van der Waals surface area contributed by atoms with Crippen molar-refractivity contribution in [3.8, 4) is 5.75 Å². The number of hydrogen-bond acceptors (Lipinski definition) is 1. The molecule has 102 valence electrons. The molecule has 0 amide bonds. The third kappa shape index (κ3) is 3.01. The van der Waals surface area contributed by atoms with Gasteiger partial charge in [0.05, 0.1) is 18.2 Å². The Labute approximate surface area is 103 Å². The maximum absolute atomic E-state index is 12.6. The molecule has 0 fully saturated rings. The number of rotatable bonds is 2. The van der Waals surface area contributed by atoms with Gasteiger partial charge in [-0.2, -0.15) is 26.3 Å². The van der Waals surface area contributed by atoms with Crippen molar-refractivity contribution in [1.29, 1.82) is 0 Å². The smallest absolute Gasteiger partial charge is 0.416 e. The molecule has 1 aromatic rings. The molecule has 0 spiro atoms. The number of ether oxygens (including phenoxy) is 1. The third-order valence-corrected chi connectivity index (χ3v) is 2.47. The number of halogens is 7. The Hall–Kier alpha value is -1.11. The van der Waals surface area contributed by atoms with Crippen LogP contribution in [0.25, 0.3) is 0 Å². The summed E-state index contributed by atoms with van der Waals surface area (Å²) >= 11 is 5.20. The Bertz CT molecular complexity index is 402. The van der Waals surface area contributed by atoms with E-state index in [4.69, 9.17) is 11.6 Å². The Kier molecular flexibility index (Phi) is 4.05. The highest BCUT2D eigenvalue weighted by molar-refractivity contribution is 6.17. The number of benzene rings is 1. The molecule has 0 saturated heterocycles. The van der Waals surface area contributed by atoms with Gasteiger partial charge in [0.25, 0.3) is 0 Å². The fourth-order valence-corrected chi connectivity index (χ4v) is 1.70. The largest absolute Gasteiger partial charge is 0.497 e. The van der Waals surface area contributed by atoms with Crippen LogP contribution in [0.2, 0.25) is 0 Å². The number of alkyl halides is 7. The molecule has 0 saturated carbocycles. The van der Waals surface area contributed by atoms with E-state index in [-0.39, 0.29) is 0 Å². The second-order valence-corrected chi connectivity index (χ2v) is 3.60. The van der Waals surface area contributed by atoms with Gasteiger partial charge in [0.2, 0.25) is 0 Å². The van der Waals surface area contributed by atoms with Crippen LogP contribution in [0.3, 0.4) is 0 Å². The molecular formula is C10H7ClF6O. The first-order valence-electron chi connectivity index (χ1n) is 4.52. The van der Waals surface area contributed by atoms with Gasteiger partial charge in [0.15, 0.2) is 0 Å². The van der Waals surface area contributed by atoms with Crippen molar-refractivity contribution in [2.24, 2.45) is 0 Å². The summed E-state index contributed by atoms with van der Waals surface area (Å²) in [6.45, 7) is 0. The molecule has 0 aliphatic rings. The molecule has 0 bridgehead atoms. The predicted molar refractivity (Wildman–Crippen MR) is 52.6 cm³/mol. The van der Waals surface area contributed by atoms with Gasteiger partial charge in [-0.25, -0.2) is 0 Å². The van der Waals surface area contributed by atoms with E-state index in [0.717, 1.165) is 7.11 Å². The lowest BCUT2D eigenvalue weighted by Gasteiger charge is -2.18. The molecule has 1 rings (SSSR count). The molecule has 0 aliphatic heterocycles. The van der Waals surface area contributed by atoms with Crippen molar-refractivity contribution in [1.82, 2.24) is 0 Å². The van der Waals surface area contributed by atoms with Crippen molar-refractivity contribution < 1.29 is 31.1 Å². The van der Waals surface area contributed by atoms with Crippen molar-refractivity contribution in [2.75, 3.05) is 7.11 Å². The van der Waals surface area contributed by atoms with Gasteiger partial charge >= 0.3 is 12.4 Å². The van der Waals surface area contributed by atoms with Gasteiger partial charge in [-0.1, -0.05) is 0 Å². The lowest BCUT2D eigenvalue weighted by molar-refractivity contribution is -0.144. The molecule has 18 heavy (non-hydrogen) atoms. The molecule has 0 aliphatic carbocycles. The second-order valence-electron chi connectivity index (χ2n) is 3.33. The van der Waals surface area contributed by atoms with Crippen molar-refractivity contribution in [2.45, 2.75) is 18.2 Å². The van der Waals surface area contributed by atoms with Gasteiger partial charge in [-0.15, -0.1) is 11.6 Å². The van der Waals surface area contributed by atoms with Gasteiger partial charge in [-0.05, 0) is 17.7 Å². The predicted octanol–water partition coefficient (Wildman–Crippen LogP) is 4.47. The van der Waals surface area contributed by atoms with Gasteiger partial charge in [0, 0.05) is 5.88 Å². The summed E-state index contributed by atoms with van der Waals surface area (Å²) in [6.07, 6.45) is -9.86. The summed E-state index contributed by atoms with van der Waals surface area (Å²) in [4.78, 5) is 0. The standard InChI is InChI=1S/C10H7ClF6O/c1-18-5-2-7(9(12,13)14)6(4-11)8(3-5)10(15,16)17/h2-3H,4H2,1H3. The maximum Gasteiger partial charge on any atom is 0.416 e. The van der Waals surface area contributed by atoms with E-state index in [1.165, 1.54) is 0 Å². The van der Waals surface area contributed by atoms with E-state index < -0.39 is 40.7 Å². The monoisotopic (exact) mass is 292 g/mol. The van der Waals surface area contributed by atoms with Crippen LogP contribution in [0.5, 0.6) is 5.75 Å². The van der Waals surface area contributed by atoms with Crippen LogP contribution in [0, 0.1) is 0 Å². The summed E-state index contributed by atoms with van der Waals surface area (Å²) in [5, 5.41) is 0. The van der Waals surface area contributed by atoms with Crippen molar-refractivity contribution in [3.05, 3.63) is 28.8 Å². The molecule has 0 N–H and O–H groups in total. The van der Waals surface area contributed by atoms with Crippen LogP contribution in [0.15, 0.2) is 12.1 Å². The minimum atomic E-state index is -4.93. The fourth-order valence-electron chi connectivity index (χ4n) is 1.41. The molecule has 0 heterocycles. The summed E-state index contributed by atoms with van der Waals surface area (Å²) in [5.74, 6) is -1.42. The average Bonchev–Trinajstić information content (AvgIpc) is 2.24. The Balaban J connectivity index is 3.61. The highest BCUT2D eigenvalue weighted by Crippen LogP contribution is 2.42. The molecule has 1 nitrogen and oxygen atoms in total. The van der Waals surface area contributed by atoms with Gasteiger partial charge in [-0.3, -0.25) is 0 Å². The zero-order valence-corrected chi connectivity index (χ0v) is 9.67. The Morgan fingerprint density at radius 3 is 1.61 bits per heavy atom. The second kappa shape index (κ2) is 4.87. The first kappa shape index (κ1) is 14.9. The average molecular weight is 293 g/mol. The highest BCUT2D eigenvalue weighted by atomic mass is 35.5. The summed E-state index contributed by atoms with van der Waals surface area (Å²) < 4.78 is 80.3. The molecule has 0 aromatic heterocycles. The van der Waals surface area contributed by atoms with Crippen LogP contribution >= 0.6 is 11.6 Å². The van der Waals surface area contributed by atoms with E-state index in [0.29, 0.717) is 12.1 Å². The van der Waals surface area contributed by atoms with Crippen molar-refractivity contribution in [3.63, 3.8) is 0 Å². The van der Waals surface area contributed by atoms with E-state index in [9.17, 15) is 26.3 Å². The molecule has 0 unspecified atom stereocenters. The van der Waals surface area contributed by atoms with Crippen LogP contribution in [-0.4, -0.2) is 7.11 Å². The summed E-state index contributed by atoms with van der Waals surface area (Å²) in [7, 11) is 0.982. The Morgan fingerprint density at radius 2 is 1.39 bits per heavy atom. The number of hydrogen-bond donors (Lipinski definition) is 0. The zero-order chi connectivity index (χ0) is 14.1. The van der Waals surface area contributed by atoms with E-state index in [1.54, 1.807) is 0 Å². The van der Waals surface area contributed by atoms with Crippen LogP contribution in [-0.2, 0) is 18.2 Å². The summed E-state index contributed by atoms with van der Waals surface area (Å²) in [6, 6.07) is 0.986. The SMILES string of the molecule is COc1cc(C(F)(F)F)c(CCl)c(C(F)(F)F)c1. The van der Waals surface area contributed by atoms with E-state index in [2.05, 4.69) is 4.74 Å². The zero-order valence-electron chi connectivity index (χ0n) is 8.92. The van der Waals surface area contributed by atoms with Gasteiger partial charge in [0.1, 0.15) is 5.75 Å². The van der Waals surface area contributed by atoms with Crippen LogP contribution in [0.1, 0.15) is 16.7 Å². The molecular weight excluding hydrogens is 286 g/mol. The Morgan fingerprint density at radius 1 is 1.00 bits per heavy atom. The van der Waals surface area contributed by atoms with Crippen LogP contribution in [0.4, 0.5) is 26.3 Å². The topological polar surface area (TPSA) is 9.23 Å². The molecule has 8 heteroatoms. The molecule has 0 radical (unpaired) electrons. The van der Waals surface area contributed by atoms with E-state index in [1.807, 2.05) is 0 Å².